The molecular weight excluding hydrogens is 336 g/mol. The van der Waals surface area contributed by atoms with Crippen LogP contribution >= 0.6 is 27.5 Å². The highest BCUT2D eigenvalue weighted by Crippen LogP contribution is 2.21. The van der Waals surface area contributed by atoms with E-state index in [1.807, 2.05) is 0 Å². The van der Waals surface area contributed by atoms with Crippen molar-refractivity contribution >= 4 is 39.3 Å². The van der Waals surface area contributed by atoms with Crippen LogP contribution in [0.25, 0.3) is 0 Å². The van der Waals surface area contributed by atoms with E-state index in [9.17, 15) is 9.59 Å². The van der Waals surface area contributed by atoms with E-state index in [0.717, 1.165) is 4.47 Å². The van der Waals surface area contributed by atoms with E-state index in [1.165, 1.54) is 14.0 Å². The van der Waals surface area contributed by atoms with E-state index in [1.54, 1.807) is 18.2 Å². The summed E-state index contributed by atoms with van der Waals surface area (Å²) in [5.74, 6) is -1.17. The second-order valence-corrected chi connectivity index (χ2v) is 5.53. The quantitative estimate of drug-likeness (QED) is 0.849. The fourth-order valence-corrected chi connectivity index (χ4v) is 2.21. The molecule has 0 spiro atoms. The lowest BCUT2D eigenvalue weighted by molar-refractivity contribution is -0.125. The van der Waals surface area contributed by atoms with Gasteiger partial charge in [0.1, 0.15) is 5.54 Å². The monoisotopic (exact) mass is 348 g/mol. The lowest BCUT2D eigenvalue weighted by Crippen LogP contribution is -2.58. The summed E-state index contributed by atoms with van der Waals surface area (Å²) in [6.45, 7) is 1.46. The summed E-state index contributed by atoms with van der Waals surface area (Å²) in [5, 5.41) is 2.81. The molecule has 2 amide bonds. The number of carbonyl (C=O) groups excluding carboxylic acids is 2. The maximum atomic E-state index is 12.1. The number of hydrogen-bond acceptors (Lipinski definition) is 3. The number of amides is 2. The third-order valence-corrected chi connectivity index (χ3v) is 3.35. The number of carbonyl (C=O) groups is 2. The van der Waals surface area contributed by atoms with Crippen LogP contribution in [0.1, 0.15) is 17.3 Å². The van der Waals surface area contributed by atoms with Gasteiger partial charge in [-0.15, -0.1) is 0 Å². The van der Waals surface area contributed by atoms with Crippen LogP contribution in [0.15, 0.2) is 22.7 Å². The van der Waals surface area contributed by atoms with Gasteiger partial charge in [-0.05, 0) is 25.1 Å². The number of benzene rings is 1. The minimum Gasteiger partial charge on any atom is -0.382 e. The second kappa shape index (κ2) is 6.36. The van der Waals surface area contributed by atoms with E-state index in [4.69, 9.17) is 22.1 Å². The van der Waals surface area contributed by atoms with Crippen molar-refractivity contribution in [3.05, 3.63) is 33.3 Å². The highest BCUT2D eigenvalue weighted by molar-refractivity contribution is 9.10. The van der Waals surface area contributed by atoms with Crippen molar-refractivity contribution in [3.8, 4) is 0 Å². The number of rotatable bonds is 5. The van der Waals surface area contributed by atoms with Gasteiger partial charge in [0.25, 0.3) is 5.91 Å². The van der Waals surface area contributed by atoms with Crippen LogP contribution in [0.5, 0.6) is 0 Å². The molecule has 7 heteroatoms. The van der Waals surface area contributed by atoms with Gasteiger partial charge in [0, 0.05) is 11.6 Å². The Morgan fingerprint density at radius 2 is 2.16 bits per heavy atom. The molecule has 1 rings (SSSR count). The minimum absolute atomic E-state index is 0.0256. The van der Waals surface area contributed by atoms with Crippen molar-refractivity contribution in [2.75, 3.05) is 13.7 Å². The lowest BCUT2D eigenvalue weighted by Gasteiger charge is -2.26. The summed E-state index contributed by atoms with van der Waals surface area (Å²) in [6.07, 6.45) is 0. The van der Waals surface area contributed by atoms with Gasteiger partial charge in [-0.3, -0.25) is 9.59 Å². The summed E-state index contributed by atoms with van der Waals surface area (Å²) >= 11 is 9.22. The van der Waals surface area contributed by atoms with Crippen LogP contribution in [0.3, 0.4) is 0 Å². The fraction of sp³-hybridized carbons (Fsp3) is 0.333. The van der Waals surface area contributed by atoms with Crippen molar-refractivity contribution in [2.45, 2.75) is 12.5 Å². The predicted octanol–water partition coefficient (Wildman–Crippen LogP) is 1.72. The van der Waals surface area contributed by atoms with Gasteiger partial charge >= 0.3 is 0 Å². The fourth-order valence-electron chi connectivity index (χ4n) is 1.45. The Labute approximate surface area is 124 Å². The van der Waals surface area contributed by atoms with E-state index in [-0.39, 0.29) is 17.2 Å². The van der Waals surface area contributed by atoms with E-state index in [0.29, 0.717) is 0 Å². The number of methoxy groups -OCH3 is 1. The molecule has 0 aliphatic heterocycles. The van der Waals surface area contributed by atoms with Gasteiger partial charge in [-0.25, -0.2) is 0 Å². The second-order valence-electron chi connectivity index (χ2n) is 4.21. The highest BCUT2D eigenvalue weighted by atomic mass is 79.9. The first-order chi connectivity index (χ1) is 8.80. The molecule has 3 N–H and O–H groups in total. The molecule has 0 saturated carbocycles. The van der Waals surface area contributed by atoms with Crippen LogP contribution in [0, 0.1) is 0 Å². The largest absolute Gasteiger partial charge is 0.382 e. The molecule has 104 valence electrons. The molecule has 0 radical (unpaired) electrons. The van der Waals surface area contributed by atoms with Crippen LogP contribution in [-0.4, -0.2) is 31.1 Å². The van der Waals surface area contributed by atoms with Gasteiger partial charge in [0.2, 0.25) is 5.91 Å². The molecule has 0 saturated heterocycles. The molecule has 0 aromatic heterocycles. The molecule has 19 heavy (non-hydrogen) atoms. The summed E-state index contributed by atoms with van der Waals surface area (Å²) in [6, 6.07) is 4.82. The van der Waals surface area contributed by atoms with E-state index < -0.39 is 17.4 Å². The van der Waals surface area contributed by atoms with Crippen molar-refractivity contribution in [1.82, 2.24) is 5.32 Å². The Balaban J connectivity index is 2.97. The normalized spacial score (nSPS) is 13.7. The molecule has 0 unspecified atom stereocenters. The molecule has 0 aliphatic carbocycles. The molecular formula is C12H14BrClN2O3. The average molecular weight is 350 g/mol. The third-order valence-electron chi connectivity index (χ3n) is 2.54. The average Bonchev–Trinajstić information content (AvgIpc) is 2.28. The Hall–Kier alpha value is -1.11. The predicted molar refractivity (Wildman–Crippen MR) is 76.1 cm³/mol. The smallest absolute Gasteiger partial charge is 0.253 e. The molecule has 0 fully saturated rings. The van der Waals surface area contributed by atoms with Crippen LogP contribution in [-0.2, 0) is 9.53 Å². The molecule has 1 aromatic carbocycles. The first-order valence-electron chi connectivity index (χ1n) is 5.36. The van der Waals surface area contributed by atoms with Gasteiger partial charge in [-0.2, -0.15) is 0 Å². The Kier molecular flexibility index (Phi) is 5.34. The first kappa shape index (κ1) is 15.9. The number of nitrogens with two attached hydrogens (primary N) is 1. The lowest BCUT2D eigenvalue weighted by atomic mass is 10.0. The van der Waals surface area contributed by atoms with Crippen molar-refractivity contribution in [1.29, 1.82) is 0 Å². The summed E-state index contributed by atoms with van der Waals surface area (Å²) in [4.78, 5) is 23.5. The molecule has 0 bridgehead atoms. The third kappa shape index (κ3) is 3.92. The van der Waals surface area contributed by atoms with Gasteiger partial charge in [0.15, 0.2) is 0 Å². The maximum absolute atomic E-state index is 12.1. The molecule has 1 atom stereocenters. The first-order valence-corrected chi connectivity index (χ1v) is 6.53. The summed E-state index contributed by atoms with van der Waals surface area (Å²) < 4.78 is 5.65. The van der Waals surface area contributed by atoms with Crippen LogP contribution < -0.4 is 11.1 Å². The van der Waals surface area contributed by atoms with Crippen LogP contribution in [0.4, 0.5) is 0 Å². The Bertz CT molecular complexity index is 510. The number of halogens is 2. The number of primary amides is 1. The molecule has 1 aromatic rings. The maximum Gasteiger partial charge on any atom is 0.253 e. The Morgan fingerprint density at radius 1 is 1.53 bits per heavy atom. The number of ether oxygens (including phenoxy) is 1. The minimum atomic E-state index is -1.29. The zero-order valence-corrected chi connectivity index (χ0v) is 12.8. The molecule has 0 heterocycles. The zero-order chi connectivity index (χ0) is 14.6. The van der Waals surface area contributed by atoms with Crippen LogP contribution in [0.2, 0.25) is 5.02 Å². The van der Waals surface area contributed by atoms with Crippen molar-refractivity contribution < 1.29 is 14.3 Å². The SMILES string of the molecule is COC[C@](C)(NC(=O)c1ccc(Br)cc1Cl)C(N)=O. The molecule has 0 aliphatic rings. The van der Waals surface area contributed by atoms with E-state index in [2.05, 4.69) is 21.2 Å². The topological polar surface area (TPSA) is 81.4 Å². The number of hydrogen-bond donors (Lipinski definition) is 2. The standard InChI is InChI=1S/C12H14BrClN2O3/c1-12(6-19-2,11(15)18)16-10(17)8-4-3-7(13)5-9(8)14/h3-5H,6H2,1-2H3,(H2,15,18)(H,16,17)/t12-/m0/s1. The number of nitrogens with one attached hydrogen (secondary N) is 1. The summed E-state index contributed by atoms with van der Waals surface area (Å²) in [7, 11) is 1.42. The summed E-state index contributed by atoms with van der Waals surface area (Å²) in [5.41, 5.74) is 4.24. The van der Waals surface area contributed by atoms with Gasteiger partial charge in [0.05, 0.1) is 17.2 Å². The highest BCUT2D eigenvalue weighted by Gasteiger charge is 2.33. The van der Waals surface area contributed by atoms with Gasteiger partial charge < -0.3 is 15.8 Å². The molecule has 5 nitrogen and oxygen atoms in total. The zero-order valence-electron chi connectivity index (χ0n) is 10.5. The van der Waals surface area contributed by atoms with Gasteiger partial charge in [-0.1, -0.05) is 27.5 Å². The van der Waals surface area contributed by atoms with Crippen molar-refractivity contribution in [2.24, 2.45) is 5.73 Å². The Morgan fingerprint density at radius 3 is 2.63 bits per heavy atom. The van der Waals surface area contributed by atoms with Crippen molar-refractivity contribution in [3.63, 3.8) is 0 Å². The van der Waals surface area contributed by atoms with E-state index >= 15 is 0 Å².